The molecular weight excluding hydrogens is 320 g/mol. The molecule has 2 rings (SSSR count). The summed E-state index contributed by atoms with van der Waals surface area (Å²) < 4.78 is 26.5. The van der Waals surface area contributed by atoms with Crippen molar-refractivity contribution in [2.75, 3.05) is 0 Å². The fraction of sp³-hybridized carbons (Fsp3) is 0.467. The van der Waals surface area contributed by atoms with Crippen LogP contribution in [0.5, 0.6) is 0 Å². The molecule has 0 spiro atoms. The summed E-state index contributed by atoms with van der Waals surface area (Å²) in [4.78, 5) is 23.5. The van der Waals surface area contributed by atoms with E-state index in [-0.39, 0.29) is 16.5 Å². The van der Waals surface area contributed by atoms with E-state index in [9.17, 15) is 23.1 Å². The number of hydrogen-bond acceptors (Lipinski definition) is 4. The van der Waals surface area contributed by atoms with E-state index in [0.29, 0.717) is 12.8 Å². The van der Waals surface area contributed by atoms with E-state index in [0.717, 1.165) is 6.42 Å². The standard InChI is InChI=1S/C15H20N2O5S/c1-10(2)17-23(21,22)12-6-4-11(5-7-12)13(18)16-15(14(19)20)8-3-9-15/h4-7,10,17H,3,8-9H2,1-2H3,(H,16,18)(H,19,20). The van der Waals surface area contributed by atoms with Gasteiger partial charge in [0.2, 0.25) is 10.0 Å². The molecular formula is C15H20N2O5S. The number of carbonyl (C=O) groups excluding carboxylic acids is 1. The summed E-state index contributed by atoms with van der Waals surface area (Å²) in [6, 6.07) is 5.16. The summed E-state index contributed by atoms with van der Waals surface area (Å²) in [5.41, 5.74) is -0.970. The molecule has 1 aromatic rings. The topological polar surface area (TPSA) is 113 Å². The highest BCUT2D eigenvalue weighted by atomic mass is 32.2. The summed E-state index contributed by atoms with van der Waals surface area (Å²) in [7, 11) is -3.62. The van der Waals surface area contributed by atoms with Gasteiger partial charge in [-0.25, -0.2) is 17.9 Å². The average Bonchev–Trinajstić information content (AvgIpc) is 2.41. The average molecular weight is 340 g/mol. The molecule has 0 unspecified atom stereocenters. The molecule has 1 aliphatic carbocycles. The van der Waals surface area contributed by atoms with Gasteiger partial charge in [0.05, 0.1) is 4.90 Å². The van der Waals surface area contributed by atoms with Gasteiger partial charge in [-0.05, 0) is 57.4 Å². The van der Waals surface area contributed by atoms with E-state index in [2.05, 4.69) is 10.0 Å². The predicted octanol–water partition coefficient (Wildman–Crippen LogP) is 1.11. The lowest BCUT2D eigenvalue weighted by atomic mass is 9.76. The molecule has 1 amide bonds. The molecule has 0 aliphatic heterocycles. The van der Waals surface area contributed by atoms with Crippen LogP contribution in [0.3, 0.4) is 0 Å². The summed E-state index contributed by atoms with van der Waals surface area (Å²) in [5, 5.41) is 11.7. The molecule has 23 heavy (non-hydrogen) atoms. The Hall–Kier alpha value is -1.93. The minimum atomic E-state index is -3.62. The van der Waals surface area contributed by atoms with Gasteiger partial charge in [0.25, 0.3) is 5.91 Å². The van der Waals surface area contributed by atoms with E-state index in [1.807, 2.05) is 0 Å². The molecule has 126 valence electrons. The maximum atomic E-state index is 12.2. The lowest BCUT2D eigenvalue weighted by Gasteiger charge is -2.38. The van der Waals surface area contributed by atoms with Crippen LogP contribution < -0.4 is 10.0 Å². The number of hydrogen-bond donors (Lipinski definition) is 3. The van der Waals surface area contributed by atoms with Crippen molar-refractivity contribution in [1.29, 1.82) is 0 Å². The molecule has 1 saturated carbocycles. The highest BCUT2D eigenvalue weighted by Crippen LogP contribution is 2.32. The molecule has 8 heteroatoms. The summed E-state index contributed by atoms with van der Waals surface area (Å²) in [6.45, 7) is 3.42. The molecule has 7 nitrogen and oxygen atoms in total. The van der Waals surface area contributed by atoms with E-state index in [1.165, 1.54) is 24.3 Å². The van der Waals surface area contributed by atoms with Gasteiger partial charge in [-0.1, -0.05) is 0 Å². The monoisotopic (exact) mass is 340 g/mol. The molecule has 0 radical (unpaired) electrons. The SMILES string of the molecule is CC(C)NS(=O)(=O)c1ccc(C(=O)NC2(C(=O)O)CCC2)cc1. The van der Waals surface area contributed by atoms with Crippen molar-refractivity contribution in [3.05, 3.63) is 29.8 Å². The van der Waals surface area contributed by atoms with Crippen LogP contribution in [0.4, 0.5) is 0 Å². The number of sulfonamides is 1. The molecule has 1 aromatic carbocycles. The van der Waals surface area contributed by atoms with Crippen LogP contribution in [0.1, 0.15) is 43.5 Å². The Balaban J connectivity index is 2.13. The van der Waals surface area contributed by atoms with Crippen molar-refractivity contribution < 1.29 is 23.1 Å². The van der Waals surface area contributed by atoms with Crippen molar-refractivity contribution in [2.45, 2.75) is 49.6 Å². The number of carboxylic acids is 1. The first-order valence-corrected chi connectivity index (χ1v) is 8.83. The Morgan fingerprint density at radius 2 is 1.74 bits per heavy atom. The van der Waals surface area contributed by atoms with Gasteiger partial charge in [0.1, 0.15) is 5.54 Å². The Bertz CT molecular complexity index is 706. The van der Waals surface area contributed by atoms with E-state index < -0.39 is 27.4 Å². The zero-order valence-corrected chi connectivity index (χ0v) is 13.8. The number of carbonyl (C=O) groups is 2. The lowest BCUT2D eigenvalue weighted by Crippen LogP contribution is -2.59. The molecule has 0 heterocycles. The third-order valence-electron chi connectivity index (χ3n) is 3.79. The normalized spacial score (nSPS) is 16.7. The maximum Gasteiger partial charge on any atom is 0.329 e. The number of carboxylic acid groups (broad SMARTS) is 1. The zero-order valence-electron chi connectivity index (χ0n) is 13.0. The van der Waals surface area contributed by atoms with Crippen molar-refractivity contribution in [2.24, 2.45) is 0 Å². The minimum absolute atomic E-state index is 0.0549. The minimum Gasteiger partial charge on any atom is -0.480 e. The fourth-order valence-corrected chi connectivity index (χ4v) is 3.63. The second kappa shape index (κ2) is 6.29. The fourth-order valence-electron chi connectivity index (χ4n) is 2.38. The van der Waals surface area contributed by atoms with E-state index >= 15 is 0 Å². The van der Waals surface area contributed by atoms with Gasteiger partial charge in [0.15, 0.2) is 0 Å². The van der Waals surface area contributed by atoms with Crippen LogP contribution in [-0.4, -0.2) is 37.0 Å². The van der Waals surface area contributed by atoms with Crippen LogP contribution in [-0.2, 0) is 14.8 Å². The van der Waals surface area contributed by atoms with Crippen molar-refractivity contribution in [1.82, 2.24) is 10.0 Å². The highest BCUT2D eigenvalue weighted by Gasteiger charge is 2.45. The zero-order chi connectivity index (χ0) is 17.3. The molecule has 3 N–H and O–H groups in total. The molecule has 1 fully saturated rings. The maximum absolute atomic E-state index is 12.2. The van der Waals surface area contributed by atoms with Gasteiger partial charge in [-0.15, -0.1) is 0 Å². The van der Waals surface area contributed by atoms with Gasteiger partial charge in [0, 0.05) is 11.6 Å². The third-order valence-corrected chi connectivity index (χ3v) is 5.46. The van der Waals surface area contributed by atoms with E-state index in [1.54, 1.807) is 13.8 Å². The molecule has 1 aliphatic rings. The van der Waals surface area contributed by atoms with Gasteiger partial charge in [-0.2, -0.15) is 0 Å². The Morgan fingerprint density at radius 3 is 2.13 bits per heavy atom. The number of benzene rings is 1. The van der Waals surface area contributed by atoms with E-state index in [4.69, 9.17) is 0 Å². The lowest BCUT2D eigenvalue weighted by molar-refractivity contribution is -0.148. The summed E-state index contributed by atoms with van der Waals surface area (Å²) in [6.07, 6.45) is 1.56. The second-order valence-corrected chi connectivity index (χ2v) is 7.71. The van der Waals surface area contributed by atoms with Crippen LogP contribution >= 0.6 is 0 Å². The number of rotatable bonds is 6. The van der Waals surface area contributed by atoms with Crippen LogP contribution in [0, 0.1) is 0 Å². The van der Waals surface area contributed by atoms with Crippen molar-refractivity contribution >= 4 is 21.9 Å². The first-order chi connectivity index (χ1) is 10.7. The molecule has 0 atom stereocenters. The number of aliphatic carboxylic acids is 1. The molecule has 0 bridgehead atoms. The van der Waals surface area contributed by atoms with Crippen LogP contribution in [0.15, 0.2) is 29.2 Å². The van der Waals surface area contributed by atoms with Gasteiger partial charge >= 0.3 is 5.97 Å². The van der Waals surface area contributed by atoms with Crippen LogP contribution in [0.25, 0.3) is 0 Å². The van der Waals surface area contributed by atoms with Crippen molar-refractivity contribution in [3.63, 3.8) is 0 Å². The predicted molar refractivity (Wildman–Crippen MR) is 83.6 cm³/mol. The smallest absolute Gasteiger partial charge is 0.329 e. The third kappa shape index (κ3) is 3.70. The van der Waals surface area contributed by atoms with Gasteiger partial charge in [-0.3, -0.25) is 4.79 Å². The molecule has 0 aromatic heterocycles. The van der Waals surface area contributed by atoms with Crippen LogP contribution in [0.2, 0.25) is 0 Å². The van der Waals surface area contributed by atoms with Gasteiger partial charge < -0.3 is 10.4 Å². The summed E-state index contributed by atoms with van der Waals surface area (Å²) >= 11 is 0. The number of nitrogens with one attached hydrogen (secondary N) is 2. The quantitative estimate of drug-likeness (QED) is 0.718. The summed E-state index contributed by atoms with van der Waals surface area (Å²) in [5.74, 6) is -1.56. The largest absolute Gasteiger partial charge is 0.480 e. The Morgan fingerprint density at radius 1 is 1.17 bits per heavy atom. The first-order valence-electron chi connectivity index (χ1n) is 7.35. The number of amides is 1. The molecule has 0 saturated heterocycles. The Labute approximate surface area is 135 Å². The van der Waals surface area contributed by atoms with Crippen molar-refractivity contribution in [3.8, 4) is 0 Å². The first kappa shape index (κ1) is 17.4. The Kier molecular flexibility index (Phi) is 4.76. The second-order valence-electron chi connectivity index (χ2n) is 6.00. The highest BCUT2D eigenvalue weighted by molar-refractivity contribution is 7.89.